The van der Waals surface area contributed by atoms with Gasteiger partial charge in [-0.15, -0.1) is 0 Å². The average Bonchev–Trinajstić information content (AvgIpc) is 3.19. The fourth-order valence-electron chi connectivity index (χ4n) is 5.04. The highest BCUT2D eigenvalue weighted by molar-refractivity contribution is 5.33. The summed E-state index contributed by atoms with van der Waals surface area (Å²) in [4.78, 5) is 5.17. The quantitative estimate of drug-likeness (QED) is 0.593. The maximum absolute atomic E-state index is 13.6. The van der Waals surface area contributed by atoms with Crippen molar-refractivity contribution in [3.8, 4) is 0 Å². The monoisotopic (exact) mass is 386 g/mol. The number of rotatable bonds is 4. The lowest BCUT2D eigenvalue weighted by Crippen LogP contribution is -2.44. The lowest BCUT2D eigenvalue weighted by Gasteiger charge is -2.40. The number of hydrogen-bond acceptors (Lipinski definition) is 2. The predicted molar refractivity (Wildman–Crippen MR) is 115 cm³/mol. The van der Waals surface area contributed by atoms with E-state index in [-0.39, 0.29) is 5.82 Å². The minimum absolute atomic E-state index is 0.117. The Hall–Kier alpha value is -2.49. The molecule has 1 saturated heterocycles. The van der Waals surface area contributed by atoms with Crippen LogP contribution in [0.5, 0.6) is 0 Å². The van der Waals surface area contributed by atoms with Crippen LogP contribution in [-0.4, -0.2) is 28.9 Å². The molecule has 2 aliphatic heterocycles. The molecule has 2 aliphatic rings. The lowest BCUT2D eigenvalue weighted by atomic mass is 9.93. The van der Waals surface area contributed by atoms with Crippen LogP contribution in [0, 0.1) is 5.82 Å². The van der Waals surface area contributed by atoms with Gasteiger partial charge in [0.2, 0.25) is 0 Å². The minimum atomic E-state index is -0.117. The number of benzene rings is 3. The summed E-state index contributed by atoms with van der Waals surface area (Å²) in [5, 5.41) is 0. The van der Waals surface area contributed by atoms with Gasteiger partial charge in [0.25, 0.3) is 0 Å². The van der Waals surface area contributed by atoms with Gasteiger partial charge in [0.05, 0.1) is 6.04 Å². The largest absolute Gasteiger partial charge is 0.292 e. The first kappa shape index (κ1) is 18.5. The molecule has 29 heavy (non-hydrogen) atoms. The van der Waals surface area contributed by atoms with Crippen molar-refractivity contribution >= 4 is 0 Å². The summed E-state index contributed by atoms with van der Waals surface area (Å²) < 4.78 is 13.6. The van der Waals surface area contributed by atoms with Gasteiger partial charge >= 0.3 is 0 Å². The molecule has 2 nitrogen and oxygen atoms in total. The van der Waals surface area contributed by atoms with E-state index in [1.165, 1.54) is 22.3 Å². The van der Waals surface area contributed by atoms with E-state index in [1.54, 1.807) is 12.1 Å². The molecule has 0 amide bonds. The molecule has 3 aromatic carbocycles. The number of fused-ring (bicyclic) bond motifs is 1. The van der Waals surface area contributed by atoms with Crippen LogP contribution in [0.1, 0.15) is 41.1 Å². The van der Waals surface area contributed by atoms with Crippen molar-refractivity contribution in [2.24, 2.45) is 0 Å². The lowest BCUT2D eigenvalue weighted by molar-refractivity contribution is 0.0912. The summed E-state index contributed by atoms with van der Waals surface area (Å²) in [6, 6.07) is 27.9. The van der Waals surface area contributed by atoms with Gasteiger partial charge in [-0.2, -0.15) is 0 Å². The molecule has 0 spiro atoms. The molecule has 3 heteroatoms. The van der Waals surface area contributed by atoms with Gasteiger partial charge in [-0.1, -0.05) is 66.7 Å². The fraction of sp³-hybridized carbons (Fsp3) is 0.308. The zero-order valence-corrected chi connectivity index (χ0v) is 16.7. The molecule has 2 heterocycles. The Morgan fingerprint density at radius 3 is 1.93 bits per heavy atom. The first-order valence-corrected chi connectivity index (χ1v) is 10.6. The van der Waals surface area contributed by atoms with Crippen molar-refractivity contribution in [3.63, 3.8) is 0 Å². The van der Waals surface area contributed by atoms with Gasteiger partial charge in [-0.25, -0.2) is 4.39 Å². The maximum atomic E-state index is 13.6. The molecule has 0 bridgehead atoms. The molecule has 0 aliphatic carbocycles. The van der Waals surface area contributed by atoms with Crippen LogP contribution < -0.4 is 0 Å². The summed E-state index contributed by atoms with van der Waals surface area (Å²) in [6.07, 6.45) is 2.32. The zero-order chi connectivity index (χ0) is 19.6. The van der Waals surface area contributed by atoms with Gasteiger partial charge in [-0.05, 0) is 47.2 Å². The van der Waals surface area contributed by atoms with Gasteiger partial charge < -0.3 is 0 Å². The number of likely N-dealkylation sites (tertiary alicyclic amines) is 1. The third-order valence-corrected chi connectivity index (χ3v) is 6.53. The predicted octanol–water partition coefficient (Wildman–Crippen LogP) is 5.40. The molecule has 148 valence electrons. The highest BCUT2D eigenvalue weighted by Gasteiger charge is 2.32. The summed E-state index contributed by atoms with van der Waals surface area (Å²) >= 11 is 0. The highest BCUT2D eigenvalue weighted by Crippen LogP contribution is 2.34. The first-order valence-electron chi connectivity index (χ1n) is 10.6. The Morgan fingerprint density at radius 2 is 1.31 bits per heavy atom. The minimum Gasteiger partial charge on any atom is -0.292 e. The molecular formula is C26H27FN2. The molecule has 0 saturated carbocycles. The molecule has 3 aromatic rings. The van der Waals surface area contributed by atoms with Gasteiger partial charge in [0, 0.05) is 32.2 Å². The van der Waals surface area contributed by atoms with E-state index in [1.807, 2.05) is 6.07 Å². The number of piperidine rings is 1. The van der Waals surface area contributed by atoms with Gasteiger partial charge in [-0.3, -0.25) is 9.80 Å². The van der Waals surface area contributed by atoms with Crippen molar-refractivity contribution in [2.45, 2.75) is 38.0 Å². The number of hydrogen-bond donors (Lipinski definition) is 0. The van der Waals surface area contributed by atoms with Crippen LogP contribution in [-0.2, 0) is 13.1 Å². The Morgan fingerprint density at radius 1 is 0.724 bits per heavy atom. The van der Waals surface area contributed by atoms with Crippen molar-refractivity contribution in [3.05, 3.63) is 107 Å². The Bertz CT molecular complexity index is 909. The van der Waals surface area contributed by atoms with Gasteiger partial charge in [0.15, 0.2) is 0 Å². The van der Waals surface area contributed by atoms with Crippen LogP contribution in [0.25, 0.3) is 0 Å². The second-order valence-corrected chi connectivity index (χ2v) is 8.31. The Labute approximate surface area is 172 Å². The third-order valence-electron chi connectivity index (χ3n) is 6.53. The molecular weight excluding hydrogens is 359 g/mol. The van der Waals surface area contributed by atoms with Crippen molar-refractivity contribution in [2.75, 3.05) is 13.1 Å². The molecule has 0 radical (unpaired) electrons. The van der Waals surface area contributed by atoms with Crippen LogP contribution in [0.4, 0.5) is 4.39 Å². The van der Waals surface area contributed by atoms with Gasteiger partial charge in [0.1, 0.15) is 5.82 Å². The molecule has 5 rings (SSSR count). The van der Waals surface area contributed by atoms with Crippen LogP contribution in [0.15, 0.2) is 78.9 Å². The Kier molecular flexibility index (Phi) is 5.17. The SMILES string of the molecule is Fc1ccc2c(c1)CN(C1CCN(C(c3ccccc3)c3ccccc3)CC1)C2. The van der Waals surface area contributed by atoms with E-state index in [4.69, 9.17) is 0 Å². The summed E-state index contributed by atoms with van der Waals surface area (Å²) in [6.45, 7) is 4.01. The normalized spacial score (nSPS) is 18.3. The second-order valence-electron chi connectivity index (χ2n) is 8.31. The third kappa shape index (κ3) is 3.85. The van der Waals surface area contributed by atoms with Crippen LogP contribution in [0.2, 0.25) is 0 Å². The van der Waals surface area contributed by atoms with E-state index in [0.29, 0.717) is 12.1 Å². The van der Waals surface area contributed by atoms with Crippen molar-refractivity contribution < 1.29 is 4.39 Å². The maximum Gasteiger partial charge on any atom is 0.123 e. The first-order chi connectivity index (χ1) is 14.3. The average molecular weight is 387 g/mol. The van der Waals surface area contributed by atoms with E-state index >= 15 is 0 Å². The molecule has 0 N–H and O–H groups in total. The molecule has 1 fully saturated rings. The highest BCUT2D eigenvalue weighted by atomic mass is 19.1. The van der Waals surface area contributed by atoms with E-state index in [9.17, 15) is 4.39 Å². The Balaban J connectivity index is 1.30. The topological polar surface area (TPSA) is 6.48 Å². The summed E-state index contributed by atoms with van der Waals surface area (Å²) in [5.41, 5.74) is 5.18. The molecule has 0 aromatic heterocycles. The zero-order valence-electron chi connectivity index (χ0n) is 16.7. The van der Waals surface area contributed by atoms with Crippen LogP contribution >= 0.6 is 0 Å². The van der Waals surface area contributed by atoms with Crippen molar-refractivity contribution in [1.29, 1.82) is 0 Å². The summed E-state index contributed by atoms with van der Waals surface area (Å²) in [5.74, 6) is -0.117. The van der Waals surface area contributed by atoms with Crippen LogP contribution in [0.3, 0.4) is 0 Å². The number of nitrogens with zero attached hydrogens (tertiary/aromatic N) is 2. The van der Waals surface area contributed by atoms with Crippen molar-refractivity contribution in [1.82, 2.24) is 9.80 Å². The molecule has 0 unspecified atom stereocenters. The van der Waals surface area contributed by atoms with E-state index < -0.39 is 0 Å². The number of halogens is 1. The van der Waals surface area contributed by atoms with E-state index in [2.05, 4.69) is 70.5 Å². The smallest absolute Gasteiger partial charge is 0.123 e. The standard InChI is InChI=1S/C26H27FN2/c27-24-12-11-22-18-29(19-23(22)17-24)25-13-15-28(16-14-25)26(20-7-3-1-4-8-20)21-9-5-2-6-10-21/h1-12,17,25-26H,13-16,18-19H2. The summed E-state index contributed by atoms with van der Waals surface area (Å²) in [7, 11) is 0. The van der Waals surface area contributed by atoms with E-state index in [0.717, 1.165) is 39.0 Å². The fourth-order valence-corrected chi connectivity index (χ4v) is 5.04. The second kappa shape index (κ2) is 8.10. The molecule has 0 atom stereocenters.